The summed E-state index contributed by atoms with van der Waals surface area (Å²) in [6.07, 6.45) is 0.639. The SMILES string of the molecule is CC(I)C(=O)OCCCC(=O)Oc1ccc([S+](c2ccccc2)c2ccccc2)cc1. The Morgan fingerprint density at radius 2 is 1.35 bits per heavy atom. The largest absolute Gasteiger partial charge is 0.465 e. The fourth-order valence-corrected chi connectivity index (χ4v) is 5.11. The van der Waals surface area contributed by atoms with E-state index >= 15 is 0 Å². The summed E-state index contributed by atoms with van der Waals surface area (Å²) in [6, 6.07) is 28.4. The molecule has 3 aromatic rings. The van der Waals surface area contributed by atoms with Crippen LogP contribution in [0, 0.1) is 0 Å². The minimum absolute atomic E-state index is 0.195. The topological polar surface area (TPSA) is 52.6 Å². The zero-order chi connectivity index (χ0) is 22.1. The van der Waals surface area contributed by atoms with E-state index in [1.165, 1.54) is 9.79 Å². The van der Waals surface area contributed by atoms with Gasteiger partial charge >= 0.3 is 11.9 Å². The molecule has 0 radical (unpaired) electrons. The maximum absolute atomic E-state index is 12.1. The zero-order valence-electron chi connectivity index (χ0n) is 17.2. The molecule has 0 bridgehead atoms. The fraction of sp³-hybridized carbons (Fsp3) is 0.200. The minimum Gasteiger partial charge on any atom is -0.465 e. The van der Waals surface area contributed by atoms with Gasteiger partial charge in [0.15, 0.2) is 14.7 Å². The summed E-state index contributed by atoms with van der Waals surface area (Å²) in [7, 11) is -0.240. The van der Waals surface area contributed by atoms with Gasteiger partial charge in [0.2, 0.25) is 0 Å². The lowest BCUT2D eigenvalue weighted by molar-refractivity contribution is -0.143. The Hall–Kier alpha value is -2.32. The van der Waals surface area contributed by atoms with Gasteiger partial charge < -0.3 is 9.47 Å². The molecule has 0 aromatic heterocycles. The maximum Gasteiger partial charge on any atom is 0.318 e. The highest BCUT2D eigenvalue weighted by molar-refractivity contribution is 14.1. The van der Waals surface area contributed by atoms with Gasteiger partial charge in [-0.25, -0.2) is 0 Å². The number of rotatable bonds is 9. The normalized spacial score (nSPS) is 11.7. The molecule has 31 heavy (non-hydrogen) atoms. The molecule has 0 N–H and O–H groups in total. The van der Waals surface area contributed by atoms with Crippen LogP contribution in [-0.2, 0) is 25.2 Å². The van der Waals surface area contributed by atoms with Crippen LogP contribution in [0.25, 0.3) is 0 Å². The van der Waals surface area contributed by atoms with Crippen LogP contribution in [0.1, 0.15) is 19.8 Å². The van der Waals surface area contributed by atoms with E-state index in [1.807, 2.05) is 83.3 Å². The average Bonchev–Trinajstić information content (AvgIpc) is 2.79. The predicted molar refractivity (Wildman–Crippen MR) is 131 cm³/mol. The van der Waals surface area contributed by atoms with Gasteiger partial charge in [0, 0.05) is 6.42 Å². The van der Waals surface area contributed by atoms with Crippen LogP contribution >= 0.6 is 22.6 Å². The van der Waals surface area contributed by atoms with Crippen LogP contribution in [-0.4, -0.2) is 22.5 Å². The summed E-state index contributed by atoms with van der Waals surface area (Å²) < 4.78 is 10.3. The summed E-state index contributed by atoms with van der Waals surface area (Å²) in [6.45, 7) is 1.98. The monoisotopic (exact) mass is 547 g/mol. The molecule has 0 heterocycles. The van der Waals surface area contributed by atoms with E-state index in [0.717, 1.165) is 4.90 Å². The molecule has 0 amide bonds. The van der Waals surface area contributed by atoms with E-state index < -0.39 is 0 Å². The first-order valence-electron chi connectivity index (χ1n) is 10.0. The number of benzene rings is 3. The van der Waals surface area contributed by atoms with Crippen LogP contribution in [0.5, 0.6) is 5.75 Å². The average molecular weight is 547 g/mol. The molecule has 3 rings (SSSR count). The van der Waals surface area contributed by atoms with Crippen LogP contribution in [0.3, 0.4) is 0 Å². The van der Waals surface area contributed by atoms with Gasteiger partial charge in [0.05, 0.1) is 17.5 Å². The molecule has 160 valence electrons. The van der Waals surface area contributed by atoms with Crippen molar-refractivity contribution in [2.45, 2.75) is 38.4 Å². The third-order valence-corrected chi connectivity index (χ3v) is 7.08. The molecular formula is C25H24IO4S+. The van der Waals surface area contributed by atoms with Gasteiger partial charge in [-0.15, -0.1) is 0 Å². The Kier molecular flexibility index (Phi) is 8.97. The fourth-order valence-electron chi connectivity index (χ4n) is 2.85. The van der Waals surface area contributed by atoms with Crippen molar-refractivity contribution in [3.63, 3.8) is 0 Å². The van der Waals surface area contributed by atoms with Gasteiger partial charge in [-0.1, -0.05) is 59.0 Å². The summed E-state index contributed by atoms with van der Waals surface area (Å²) in [5, 5.41) is 0. The molecule has 4 nitrogen and oxygen atoms in total. The first kappa shape index (κ1) is 23.3. The Morgan fingerprint density at radius 1 is 0.839 bits per heavy atom. The Bertz CT molecular complexity index is 936. The van der Waals surface area contributed by atoms with Gasteiger partial charge in [0.25, 0.3) is 0 Å². The number of carbonyl (C=O) groups is 2. The summed E-state index contributed by atoms with van der Waals surface area (Å²) >= 11 is 2.00. The lowest BCUT2D eigenvalue weighted by atomic mass is 10.3. The summed E-state index contributed by atoms with van der Waals surface area (Å²) in [5.41, 5.74) is 0. The van der Waals surface area contributed by atoms with Crippen molar-refractivity contribution in [1.29, 1.82) is 0 Å². The van der Waals surface area contributed by atoms with Gasteiger partial charge in [-0.2, -0.15) is 0 Å². The molecule has 0 aliphatic heterocycles. The van der Waals surface area contributed by atoms with Crippen molar-refractivity contribution in [2.24, 2.45) is 0 Å². The molecule has 6 heteroatoms. The number of esters is 2. The van der Waals surface area contributed by atoms with Gasteiger partial charge in [0.1, 0.15) is 9.67 Å². The molecule has 1 atom stereocenters. The predicted octanol–water partition coefficient (Wildman–Crippen LogP) is 5.83. The van der Waals surface area contributed by atoms with E-state index in [1.54, 1.807) is 6.92 Å². The van der Waals surface area contributed by atoms with E-state index in [4.69, 9.17) is 9.47 Å². The highest BCUT2D eigenvalue weighted by Gasteiger charge is 2.28. The maximum atomic E-state index is 12.1. The minimum atomic E-state index is -0.337. The summed E-state index contributed by atoms with van der Waals surface area (Å²) in [5.74, 6) is -0.0930. The van der Waals surface area contributed by atoms with E-state index in [-0.39, 0.29) is 39.8 Å². The molecule has 0 aliphatic rings. The molecule has 0 saturated carbocycles. The van der Waals surface area contributed by atoms with Crippen LogP contribution in [0.2, 0.25) is 0 Å². The summed E-state index contributed by atoms with van der Waals surface area (Å²) in [4.78, 5) is 27.1. The first-order valence-corrected chi connectivity index (χ1v) is 12.5. The lowest BCUT2D eigenvalue weighted by Crippen LogP contribution is -2.16. The number of hydrogen-bond acceptors (Lipinski definition) is 4. The number of alkyl halides is 1. The van der Waals surface area contributed by atoms with Crippen molar-refractivity contribution in [1.82, 2.24) is 0 Å². The second kappa shape index (κ2) is 11.9. The Balaban J connectivity index is 1.63. The third-order valence-electron chi connectivity index (χ3n) is 4.34. The molecular weight excluding hydrogens is 523 g/mol. The Labute approximate surface area is 199 Å². The molecule has 0 aliphatic carbocycles. The zero-order valence-corrected chi connectivity index (χ0v) is 20.2. The van der Waals surface area contributed by atoms with Crippen molar-refractivity contribution in [3.05, 3.63) is 84.9 Å². The van der Waals surface area contributed by atoms with Crippen molar-refractivity contribution in [2.75, 3.05) is 6.61 Å². The third kappa shape index (κ3) is 7.11. The van der Waals surface area contributed by atoms with E-state index in [0.29, 0.717) is 12.2 Å². The number of halogens is 1. The molecule has 0 fully saturated rings. The Morgan fingerprint density at radius 3 is 1.87 bits per heavy atom. The lowest BCUT2D eigenvalue weighted by Gasteiger charge is -2.09. The smallest absolute Gasteiger partial charge is 0.318 e. The highest BCUT2D eigenvalue weighted by Crippen LogP contribution is 2.31. The number of carbonyl (C=O) groups excluding carboxylic acids is 2. The number of hydrogen-bond donors (Lipinski definition) is 0. The van der Waals surface area contributed by atoms with Crippen molar-refractivity contribution < 1.29 is 19.1 Å². The quantitative estimate of drug-likeness (QED) is 0.0845. The van der Waals surface area contributed by atoms with Crippen LogP contribution < -0.4 is 4.74 Å². The second-order valence-electron chi connectivity index (χ2n) is 6.76. The second-order valence-corrected chi connectivity index (χ2v) is 10.7. The highest BCUT2D eigenvalue weighted by atomic mass is 127. The van der Waals surface area contributed by atoms with Crippen molar-refractivity contribution in [3.8, 4) is 5.75 Å². The van der Waals surface area contributed by atoms with Crippen LogP contribution in [0.4, 0.5) is 0 Å². The van der Waals surface area contributed by atoms with Gasteiger partial charge in [-0.05, 0) is 61.9 Å². The molecule has 3 aromatic carbocycles. The van der Waals surface area contributed by atoms with Crippen molar-refractivity contribution >= 4 is 45.4 Å². The van der Waals surface area contributed by atoms with E-state index in [9.17, 15) is 9.59 Å². The molecule has 0 spiro atoms. The first-order chi connectivity index (χ1) is 15.0. The molecule has 1 unspecified atom stereocenters. The van der Waals surface area contributed by atoms with Crippen LogP contribution in [0.15, 0.2) is 99.6 Å². The van der Waals surface area contributed by atoms with Gasteiger partial charge in [-0.3, -0.25) is 9.59 Å². The molecule has 0 saturated heterocycles. The number of ether oxygens (including phenoxy) is 2. The standard InChI is InChI=1S/C25H24IO4S/c1-19(26)25(28)29-18-8-13-24(27)30-20-14-16-23(17-15-20)31(21-9-4-2-5-10-21)22-11-6-3-7-12-22/h2-7,9-12,14-17,19H,8,13,18H2,1H3/q+1. The van der Waals surface area contributed by atoms with E-state index in [2.05, 4.69) is 24.3 Å².